The minimum absolute atomic E-state index is 1.43. The molecule has 0 bridgehead atoms. The molecule has 0 saturated carbocycles. The number of hydrazone groups is 1. The molecule has 0 aliphatic carbocycles. The van der Waals surface area contributed by atoms with Gasteiger partial charge in [-0.1, -0.05) is 0 Å². The molecule has 0 aliphatic heterocycles. The third-order valence-corrected chi connectivity index (χ3v) is 1.47. The van der Waals surface area contributed by atoms with Crippen LogP contribution in [0.3, 0.4) is 0 Å². The van der Waals surface area contributed by atoms with Crippen LogP contribution in [0, 0.1) is 30.3 Å². The fourth-order valence-electron chi connectivity index (χ4n) is 0.405. The molecule has 0 saturated heterocycles. The van der Waals surface area contributed by atoms with Gasteiger partial charge in [-0.25, -0.2) is 10.1 Å². The molecule has 12 heteroatoms. The summed E-state index contributed by atoms with van der Waals surface area (Å²) >= 11 is 4.85. The summed E-state index contributed by atoms with van der Waals surface area (Å²) in [5, 5.41) is 27.3. The molecular weight excluding hydrogens is 226 g/mol. The fourth-order valence-corrected chi connectivity index (χ4v) is 0.443. The van der Waals surface area contributed by atoms with Gasteiger partial charge in [-0.15, -0.1) is 0 Å². The first kappa shape index (κ1) is 12.0. The van der Waals surface area contributed by atoms with E-state index in [1.54, 1.807) is 0 Å². The first-order chi connectivity index (χ1) is 6.22. The van der Waals surface area contributed by atoms with Gasteiger partial charge < -0.3 is 5.73 Å². The summed E-state index contributed by atoms with van der Waals surface area (Å²) < 4.78 is 0. The zero-order valence-corrected chi connectivity index (χ0v) is 6.95. The van der Waals surface area contributed by atoms with Crippen molar-refractivity contribution in [2.45, 2.75) is 5.12 Å². The summed E-state index contributed by atoms with van der Waals surface area (Å²) in [7, 11) is 0. The van der Waals surface area contributed by atoms with Gasteiger partial charge in [0, 0.05) is 0 Å². The average Bonchev–Trinajstić information content (AvgIpc) is 2.00. The summed E-state index contributed by atoms with van der Waals surface area (Å²) in [6.07, 6.45) is 0. The quantitative estimate of drug-likeness (QED) is 0.122. The van der Waals surface area contributed by atoms with Crippen molar-refractivity contribution < 1.29 is 14.9 Å². The van der Waals surface area contributed by atoms with Gasteiger partial charge in [0.1, 0.15) is 9.85 Å². The SMILES string of the molecule is N/C(=N\[N+](=O)[O-])C(Cl)([N+](=O)[O-])[N+](=O)[O-]. The van der Waals surface area contributed by atoms with Crippen molar-refractivity contribution in [1.29, 1.82) is 0 Å². The van der Waals surface area contributed by atoms with Gasteiger partial charge in [0.25, 0.3) is 0 Å². The Kier molecular flexibility index (Phi) is 3.23. The minimum Gasteiger partial charge on any atom is -0.368 e. The summed E-state index contributed by atoms with van der Waals surface area (Å²) in [5.74, 6) is -1.53. The Bertz CT molecular complexity index is 310. The van der Waals surface area contributed by atoms with E-state index < -0.39 is 25.8 Å². The van der Waals surface area contributed by atoms with E-state index in [2.05, 4.69) is 10.8 Å². The second kappa shape index (κ2) is 3.78. The molecule has 0 aromatic carbocycles. The smallest absolute Gasteiger partial charge is 0.368 e. The van der Waals surface area contributed by atoms with Crippen LogP contribution in [0.2, 0.25) is 0 Å². The van der Waals surface area contributed by atoms with E-state index in [-0.39, 0.29) is 0 Å². The molecule has 0 radical (unpaired) electrons. The molecular formula is C2H2ClN5O6. The van der Waals surface area contributed by atoms with Crippen molar-refractivity contribution in [1.82, 2.24) is 0 Å². The molecule has 78 valence electrons. The lowest BCUT2D eigenvalue weighted by atomic mass is 10.5. The fraction of sp³-hybridized carbons (Fsp3) is 0.500. The second-order valence-corrected chi connectivity index (χ2v) is 2.35. The Morgan fingerprint density at radius 2 is 1.57 bits per heavy atom. The lowest BCUT2D eigenvalue weighted by molar-refractivity contribution is -0.743. The molecule has 0 atom stereocenters. The molecule has 0 aromatic rings. The van der Waals surface area contributed by atoms with Gasteiger partial charge in [-0.3, -0.25) is 20.2 Å². The van der Waals surface area contributed by atoms with Crippen LogP contribution in [-0.2, 0) is 0 Å². The van der Waals surface area contributed by atoms with Crippen LogP contribution >= 0.6 is 11.6 Å². The van der Waals surface area contributed by atoms with E-state index in [4.69, 9.17) is 11.6 Å². The maximum absolute atomic E-state index is 10.1. The number of hydrogen-bond acceptors (Lipinski definition) is 6. The van der Waals surface area contributed by atoms with Crippen LogP contribution in [0.15, 0.2) is 5.10 Å². The van der Waals surface area contributed by atoms with E-state index in [9.17, 15) is 30.3 Å². The Labute approximate surface area is 79.6 Å². The molecule has 14 heavy (non-hydrogen) atoms. The van der Waals surface area contributed by atoms with E-state index in [1.165, 1.54) is 0 Å². The molecule has 0 heterocycles. The largest absolute Gasteiger partial charge is 0.601 e. The molecule has 0 amide bonds. The van der Waals surface area contributed by atoms with Crippen LogP contribution < -0.4 is 5.73 Å². The summed E-state index contributed by atoms with van der Waals surface area (Å²) in [6, 6.07) is 0. The molecule has 0 aromatic heterocycles. The van der Waals surface area contributed by atoms with Crippen LogP contribution in [0.25, 0.3) is 0 Å². The Morgan fingerprint density at radius 1 is 1.21 bits per heavy atom. The number of nitro groups is 3. The lowest BCUT2D eigenvalue weighted by Crippen LogP contribution is -2.52. The van der Waals surface area contributed by atoms with Gasteiger partial charge in [0.15, 0.2) is 5.03 Å². The number of nitrogens with zero attached hydrogens (tertiary/aromatic N) is 4. The normalized spacial score (nSPS) is 12.2. The van der Waals surface area contributed by atoms with E-state index in [0.29, 0.717) is 0 Å². The van der Waals surface area contributed by atoms with E-state index in [0.717, 1.165) is 0 Å². The monoisotopic (exact) mass is 227 g/mol. The van der Waals surface area contributed by atoms with Crippen LogP contribution in [-0.4, -0.2) is 25.8 Å². The third-order valence-electron chi connectivity index (χ3n) is 0.999. The second-order valence-electron chi connectivity index (χ2n) is 1.82. The van der Waals surface area contributed by atoms with Gasteiger partial charge in [-0.05, 0) is 0 Å². The number of rotatable bonds is 4. The highest BCUT2D eigenvalue weighted by Gasteiger charge is 2.61. The maximum Gasteiger partial charge on any atom is 0.601 e. The predicted octanol–water partition coefficient (Wildman–Crippen LogP) is -1.02. The van der Waals surface area contributed by atoms with Crippen LogP contribution in [0.5, 0.6) is 0 Å². The van der Waals surface area contributed by atoms with E-state index in [1.807, 2.05) is 0 Å². The van der Waals surface area contributed by atoms with Crippen LogP contribution in [0.1, 0.15) is 0 Å². The molecule has 0 aliphatic rings. The number of hydrogen-bond donors (Lipinski definition) is 1. The highest BCUT2D eigenvalue weighted by Crippen LogP contribution is 2.16. The lowest BCUT2D eigenvalue weighted by Gasteiger charge is -2.05. The minimum atomic E-state index is -3.51. The van der Waals surface area contributed by atoms with Gasteiger partial charge in [0.05, 0.1) is 16.7 Å². The summed E-state index contributed by atoms with van der Waals surface area (Å²) in [4.78, 5) is 26.8. The topological polar surface area (TPSA) is 168 Å². The predicted molar refractivity (Wildman–Crippen MR) is 41.2 cm³/mol. The average molecular weight is 228 g/mol. The molecule has 0 rings (SSSR count). The Balaban J connectivity index is 5.34. The Hall–Kier alpha value is -2.04. The maximum atomic E-state index is 10.1. The van der Waals surface area contributed by atoms with Crippen molar-refractivity contribution in [2.75, 3.05) is 0 Å². The standard InChI is InChI=1S/C2H2ClN5O6/c3-2(6(9)10,7(11)12)1(4)5-8(13)14/h(H2,4,5). The zero-order valence-electron chi connectivity index (χ0n) is 6.19. The van der Waals surface area contributed by atoms with E-state index >= 15 is 0 Å². The first-order valence-electron chi connectivity index (χ1n) is 2.69. The first-order valence-corrected chi connectivity index (χ1v) is 3.07. The summed E-state index contributed by atoms with van der Waals surface area (Å²) in [5.41, 5.74) is 4.65. The Morgan fingerprint density at radius 3 is 1.79 bits per heavy atom. The molecule has 0 spiro atoms. The highest BCUT2D eigenvalue weighted by atomic mass is 35.5. The van der Waals surface area contributed by atoms with Crippen LogP contribution in [0.4, 0.5) is 0 Å². The third kappa shape index (κ3) is 2.01. The zero-order chi connectivity index (χ0) is 11.5. The number of halogens is 1. The molecule has 0 unspecified atom stereocenters. The van der Waals surface area contributed by atoms with Crippen molar-refractivity contribution >= 4 is 17.4 Å². The van der Waals surface area contributed by atoms with Crippen molar-refractivity contribution in [3.63, 3.8) is 0 Å². The molecule has 11 nitrogen and oxygen atoms in total. The summed E-state index contributed by atoms with van der Waals surface area (Å²) in [6.45, 7) is 0. The van der Waals surface area contributed by atoms with Crippen molar-refractivity contribution in [3.05, 3.63) is 30.3 Å². The number of nitrogens with two attached hydrogens (primary N) is 1. The molecule has 2 N–H and O–H groups in total. The molecule has 0 fully saturated rings. The number of amidine groups is 1. The highest BCUT2D eigenvalue weighted by molar-refractivity contribution is 6.32. The number of alkyl halides is 1. The van der Waals surface area contributed by atoms with Crippen molar-refractivity contribution in [2.24, 2.45) is 10.8 Å². The van der Waals surface area contributed by atoms with Gasteiger partial charge >= 0.3 is 11.0 Å². The van der Waals surface area contributed by atoms with Gasteiger partial charge in [-0.2, -0.15) is 0 Å². The van der Waals surface area contributed by atoms with Crippen molar-refractivity contribution in [3.8, 4) is 0 Å². The van der Waals surface area contributed by atoms with Gasteiger partial charge in [0.2, 0.25) is 0 Å².